The Morgan fingerprint density at radius 1 is 1.50 bits per heavy atom. The molecular weight excluding hydrogens is 289 g/mol. The fourth-order valence-corrected chi connectivity index (χ4v) is 2.54. The Hall–Kier alpha value is -0.260. The number of nitrogens with zero attached hydrogens (tertiary/aromatic N) is 2. The normalized spacial score (nSPS) is 17.9. The van der Waals surface area contributed by atoms with Gasteiger partial charge in [0, 0.05) is 6.54 Å². The predicted octanol–water partition coefficient (Wildman–Crippen LogP) is 2.57. The molecule has 2 rings (SSSR count). The van der Waals surface area contributed by atoms with Gasteiger partial charge >= 0.3 is 0 Å². The molecule has 0 bridgehead atoms. The molecule has 0 radical (unpaired) electrons. The molecule has 0 aliphatic heterocycles. The molecule has 0 unspecified atom stereocenters. The number of aryl methyl sites for hydroxylation is 1. The van der Waals surface area contributed by atoms with Crippen molar-refractivity contribution in [2.24, 2.45) is 5.92 Å². The van der Waals surface area contributed by atoms with Crippen LogP contribution in [0.3, 0.4) is 0 Å². The molecule has 3 nitrogen and oxygen atoms in total. The van der Waals surface area contributed by atoms with Crippen LogP contribution in [0.2, 0.25) is 0 Å². The number of anilines is 1. The minimum atomic E-state index is 0.799. The van der Waals surface area contributed by atoms with E-state index in [1.54, 1.807) is 0 Å². The van der Waals surface area contributed by atoms with E-state index in [0.29, 0.717) is 0 Å². The molecule has 78 valence electrons. The highest BCUT2D eigenvalue weighted by atomic mass is 127. The average molecular weight is 305 g/mol. The van der Waals surface area contributed by atoms with Gasteiger partial charge in [-0.05, 0) is 48.3 Å². The van der Waals surface area contributed by atoms with E-state index in [0.717, 1.165) is 27.5 Å². The summed E-state index contributed by atoms with van der Waals surface area (Å²) in [5.41, 5.74) is 7.03. The van der Waals surface area contributed by atoms with Crippen LogP contribution < -0.4 is 5.73 Å². The van der Waals surface area contributed by atoms with E-state index >= 15 is 0 Å². The van der Waals surface area contributed by atoms with E-state index in [9.17, 15) is 0 Å². The number of hydrogen-bond donors (Lipinski definition) is 1. The minimum Gasteiger partial charge on any atom is -0.383 e. The van der Waals surface area contributed by atoms with Crippen LogP contribution in [0.4, 0.5) is 5.82 Å². The molecule has 1 aromatic rings. The predicted molar refractivity (Wildman–Crippen MR) is 66.1 cm³/mol. The molecule has 1 aromatic heterocycles. The van der Waals surface area contributed by atoms with Gasteiger partial charge in [0.05, 0.1) is 9.26 Å². The maximum atomic E-state index is 5.97. The van der Waals surface area contributed by atoms with Gasteiger partial charge in [0.1, 0.15) is 5.82 Å². The van der Waals surface area contributed by atoms with Crippen LogP contribution in [0.5, 0.6) is 0 Å². The lowest BCUT2D eigenvalue weighted by Gasteiger charge is -2.09. The van der Waals surface area contributed by atoms with Gasteiger partial charge in [-0.25, -0.2) is 4.68 Å². The summed E-state index contributed by atoms with van der Waals surface area (Å²) >= 11 is 2.27. The first-order valence-corrected chi connectivity index (χ1v) is 6.24. The van der Waals surface area contributed by atoms with E-state index in [2.05, 4.69) is 27.7 Å². The molecule has 0 atom stereocenters. The first-order valence-electron chi connectivity index (χ1n) is 5.17. The van der Waals surface area contributed by atoms with Crippen molar-refractivity contribution in [1.29, 1.82) is 0 Å². The van der Waals surface area contributed by atoms with Crippen LogP contribution in [0.25, 0.3) is 0 Å². The van der Waals surface area contributed by atoms with Crippen molar-refractivity contribution >= 4 is 28.4 Å². The summed E-state index contributed by atoms with van der Waals surface area (Å²) < 4.78 is 3.09. The van der Waals surface area contributed by atoms with E-state index in [-0.39, 0.29) is 0 Å². The SMILES string of the molecule is Cc1nn(CC2CCCC2)c(N)c1I. The third-order valence-corrected chi connectivity index (χ3v) is 4.33. The monoisotopic (exact) mass is 305 g/mol. The van der Waals surface area contributed by atoms with Crippen LogP contribution in [-0.2, 0) is 6.54 Å². The van der Waals surface area contributed by atoms with Gasteiger partial charge in [0.2, 0.25) is 0 Å². The lowest BCUT2D eigenvalue weighted by molar-refractivity contribution is 0.432. The van der Waals surface area contributed by atoms with Crippen molar-refractivity contribution in [3.05, 3.63) is 9.26 Å². The number of nitrogens with two attached hydrogens (primary N) is 1. The number of hydrogen-bond acceptors (Lipinski definition) is 2. The fourth-order valence-electron chi connectivity index (χ4n) is 2.15. The van der Waals surface area contributed by atoms with Crippen molar-refractivity contribution in [2.45, 2.75) is 39.2 Å². The molecule has 14 heavy (non-hydrogen) atoms. The molecule has 1 saturated carbocycles. The highest BCUT2D eigenvalue weighted by molar-refractivity contribution is 14.1. The molecule has 1 fully saturated rings. The van der Waals surface area contributed by atoms with E-state index in [4.69, 9.17) is 5.73 Å². The Labute approximate surface area is 98.2 Å². The Bertz CT molecular complexity index is 326. The summed E-state index contributed by atoms with van der Waals surface area (Å²) in [6, 6.07) is 0. The molecule has 1 aliphatic carbocycles. The second kappa shape index (κ2) is 4.08. The number of nitrogen functional groups attached to an aromatic ring is 1. The maximum Gasteiger partial charge on any atom is 0.135 e. The van der Waals surface area contributed by atoms with Crippen LogP contribution in [0.15, 0.2) is 0 Å². The van der Waals surface area contributed by atoms with Gasteiger partial charge in [-0.15, -0.1) is 0 Å². The molecule has 4 heteroatoms. The fraction of sp³-hybridized carbons (Fsp3) is 0.700. The average Bonchev–Trinajstić information content (AvgIpc) is 2.73. The smallest absolute Gasteiger partial charge is 0.135 e. The summed E-state index contributed by atoms with van der Waals surface area (Å²) in [5, 5.41) is 4.46. The van der Waals surface area contributed by atoms with E-state index in [1.807, 2.05) is 11.6 Å². The first-order chi connectivity index (χ1) is 6.68. The first kappa shape index (κ1) is 10.3. The summed E-state index contributed by atoms with van der Waals surface area (Å²) in [6.07, 6.45) is 5.44. The Kier molecular flexibility index (Phi) is 2.99. The zero-order chi connectivity index (χ0) is 10.1. The Balaban J connectivity index is 2.12. The molecular formula is C10H16IN3. The topological polar surface area (TPSA) is 43.8 Å². The Morgan fingerprint density at radius 2 is 2.14 bits per heavy atom. The third-order valence-electron chi connectivity index (χ3n) is 3.00. The largest absolute Gasteiger partial charge is 0.383 e. The quantitative estimate of drug-likeness (QED) is 0.854. The lowest BCUT2D eigenvalue weighted by Crippen LogP contribution is -2.11. The Morgan fingerprint density at radius 3 is 2.64 bits per heavy atom. The van der Waals surface area contributed by atoms with Gasteiger partial charge in [0.15, 0.2) is 0 Å². The molecule has 1 aliphatic rings. The van der Waals surface area contributed by atoms with Crippen molar-refractivity contribution in [3.63, 3.8) is 0 Å². The lowest BCUT2D eigenvalue weighted by atomic mass is 10.1. The third kappa shape index (κ3) is 1.89. The minimum absolute atomic E-state index is 0.799. The molecule has 1 heterocycles. The molecule has 0 aromatic carbocycles. The van der Waals surface area contributed by atoms with Crippen LogP contribution in [-0.4, -0.2) is 9.78 Å². The van der Waals surface area contributed by atoms with E-state index < -0.39 is 0 Å². The zero-order valence-corrected chi connectivity index (χ0v) is 10.6. The number of halogens is 1. The number of rotatable bonds is 2. The van der Waals surface area contributed by atoms with Crippen molar-refractivity contribution in [3.8, 4) is 0 Å². The standard InChI is InChI=1S/C10H16IN3/c1-7-9(11)10(12)14(13-7)6-8-4-2-3-5-8/h8H,2-6,12H2,1H3. The molecule has 0 spiro atoms. The summed E-state index contributed by atoms with van der Waals surface area (Å²) in [6.45, 7) is 3.03. The van der Waals surface area contributed by atoms with Crippen molar-refractivity contribution in [2.75, 3.05) is 5.73 Å². The summed E-state index contributed by atoms with van der Waals surface area (Å²) in [5.74, 6) is 1.64. The van der Waals surface area contributed by atoms with Crippen molar-refractivity contribution in [1.82, 2.24) is 9.78 Å². The van der Waals surface area contributed by atoms with E-state index in [1.165, 1.54) is 25.7 Å². The van der Waals surface area contributed by atoms with Crippen LogP contribution >= 0.6 is 22.6 Å². The summed E-state index contributed by atoms with van der Waals surface area (Å²) in [7, 11) is 0. The highest BCUT2D eigenvalue weighted by Gasteiger charge is 2.18. The maximum absolute atomic E-state index is 5.97. The second-order valence-electron chi connectivity index (χ2n) is 4.12. The summed E-state index contributed by atoms with van der Waals surface area (Å²) in [4.78, 5) is 0. The van der Waals surface area contributed by atoms with Gasteiger partial charge in [-0.1, -0.05) is 12.8 Å². The number of aromatic nitrogens is 2. The van der Waals surface area contributed by atoms with Gasteiger partial charge < -0.3 is 5.73 Å². The molecule has 0 amide bonds. The van der Waals surface area contributed by atoms with Gasteiger partial charge in [-0.3, -0.25) is 0 Å². The van der Waals surface area contributed by atoms with Crippen LogP contribution in [0.1, 0.15) is 31.4 Å². The molecule has 0 saturated heterocycles. The van der Waals surface area contributed by atoms with Crippen molar-refractivity contribution < 1.29 is 0 Å². The second-order valence-corrected chi connectivity index (χ2v) is 5.20. The van der Waals surface area contributed by atoms with Crippen LogP contribution in [0, 0.1) is 16.4 Å². The zero-order valence-electron chi connectivity index (χ0n) is 8.46. The van der Waals surface area contributed by atoms with Gasteiger partial charge in [0.25, 0.3) is 0 Å². The van der Waals surface area contributed by atoms with Gasteiger partial charge in [-0.2, -0.15) is 5.10 Å². The highest BCUT2D eigenvalue weighted by Crippen LogP contribution is 2.28. The molecule has 2 N–H and O–H groups in total.